The summed E-state index contributed by atoms with van der Waals surface area (Å²) >= 11 is 0. The van der Waals surface area contributed by atoms with Crippen molar-refractivity contribution in [3.63, 3.8) is 0 Å². The summed E-state index contributed by atoms with van der Waals surface area (Å²) in [5.41, 5.74) is 16.4. The number of para-hydroxylation sites is 3. The molecule has 10 aromatic carbocycles. The number of fused-ring (bicyclic) bond motifs is 4. The maximum atomic E-state index is 2.41. The summed E-state index contributed by atoms with van der Waals surface area (Å²) in [6.45, 7) is 0. The van der Waals surface area contributed by atoms with Crippen LogP contribution in [0.4, 0.5) is 17.1 Å². The van der Waals surface area contributed by atoms with Crippen LogP contribution < -0.4 is 4.90 Å². The fraction of sp³-hybridized carbons (Fsp3) is 0. The summed E-state index contributed by atoms with van der Waals surface area (Å²) in [5, 5.41) is 4.96. The molecule has 0 unspecified atom stereocenters. The molecule has 1 heterocycles. The third-order valence-corrected chi connectivity index (χ3v) is 11.8. The van der Waals surface area contributed by atoms with Crippen LogP contribution in [-0.4, -0.2) is 4.57 Å². The monoisotopic (exact) mass is 764 g/mol. The van der Waals surface area contributed by atoms with Gasteiger partial charge in [0, 0.05) is 33.4 Å². The number of anilines is 3. The quantitative estimate of drug-likeness (QED) is 0.150. The molecule has 0 atom stereocenters. The first-order valence-corrected chi connectivity index (χ1v) is 20.6. The first kappa shape index (κ1) is 35.2. The highest BCUT2D eigenvalue weighted by atomic mass is 15.1. The van der Waals surface area contributed by atoms with E-state index in [1.165, 1.54) is 77.1 Å². The summed E-state index contributed by atoms with van der Waals surface area (Å²) in [6, 6.07) is 87.8. The van der Waals surface area contributed by atoms with Gasteiger partial charge in [0.1, 0.15) is 0 Å². The Morgan fingerprint density at radius 2 is 0.817 bits per heavy atom. The minimum absolute atomic E-state index is 1.09. The molecular formula is C58H40N2. The minimum Gasteiger partial charge on any atom is -0.310 e. The van der Waals surface area contributed by atoms with Gasteiger partial charge < -0.3 is 9.47 Å². The van der Waals surface area contributed by atoms with Crippen LogP contribution in [0.15, 0.2) is 243 Å². The topological polar surface area (TPSA) is 8.17 Å². The van der Waals surface area contributed by atoms with Gasteiger partial charge in [-0.05, 0) is 110 Å². The molecule has 0 fully saturated rings. The van der Waals surface area contributed by atoms with E-state index in [0.717, 1.165) is 22.7 Å². The maximum Gasteiger partial charge on any atom is 0.0547 e. The Balaban J connectivity index is 1.06. The van der Waals surface area contributed by atoms with Crippen LogP contribution in [0.3, 0.4) is 0 Å². The summed E-state index contributed by atoms with van der Waals surface area (Å²) in [7, 11) is 0. The minimum atomic E-state index is 1.09. The highest BCUT2D eigenvalue weighted by Crippen LogP contribution is 2.46. The Morgan fingerprint density at radius 1 is 0.300 bits per heavy atom. The van der Waals surface area contributed by atoms with Crippen LogP contribution in [0.25, 0.3) is 82.8 Å². The molecule has 0 bridgehead atoms. The van der Waals surface area contributed by atoms with Gasteiger partial charge in [0.2, 0.25) is 0 Å². The third-order valence-electron chi connectivity index (χ3n) is 11.8. The molecule has 11 rings (SSSR count). The lowest BCUT2D eigenvalue weighted by Gasteiger charge is -2.28. The first-order chi connectivity index (χ1) is 29.8. The second kappa shape index (κ2) is 15.1. The number of benzene rings is 10. The number of hydrogen-bond donors (Lipinski definition) is 0. The fourth-order valence-electron chi connectivity index (χ4n) is 8.99. The molecule has 60 heavy (non-hydrogen) atoms. The molecule has 0 saturated carbocycles. The van der Waals surface area contributed by atoms with E-state index < -0.39 is 0 Å². The average Bonchev–Trinajstić information content (AvgIpc) is 3.67. The standard InChI is InChI=1S/C58H40N2/c1-4-16-41(17-5-1)42-30-35-48(36-31-42)59(49-37-32-43(33-38-49)45-34-39-51-46(40-45)20-14-25-50(51)44-18-6-2-7-19-44)55-27-12-10-23-52(55)53-26-15-29-57-58(53)54-24-11-13-28-56(54)60(57)47-21-8-3-9-22-47/h1-40H. The molecule has 0 saturated heterocycles. The Bertz CT molecular complexity index is 3270. The van der Waals surface area contributed by atoms with Gasteiger partial charge >= 0.3 is 0 Å². The first-order valence-electron chi connectivity index (χ1n) is 20.6. The lowest BCUT2D eigenvalue weighted by molar-refractivity contribution is 1.18. The number of rotatable bonds is 8. The van der Waals surface area contributed by atoms with Crippen molar-refractivity contribution in [2.24, 2.45) is 0 Å². The number of nitrogens with zero attached hydrogens (tertiary/aromatic N) is 2. The van der Waals surface area contributed by atoms with Crippen LogP contribution in [0.1, 0.15) is 0 Å². The van der Waals surface area contributed by atoms with Crippen molar-refractivity contribution in [3.05, 3.63) is 243 Å². The third kappa shape index (κ3) is 6.23. The number of hydrogen-bond acceptors (Lipinski definition) is 1. The van der Waals surface area contributed by atoms with Gasteiger partial charge in [0.15, 0.2) is 0 Å². The van der Waals surface area contributed by atoms with E-state index in [4.69, 9.17) is 0 Å². The Morgan fingerprint density at radius 3 is 1.55 bits per heavy atom. The molecule has 0 N–H and O–H groups in total. The average molecular weight is 765 g/mol. The van der Waals surface area contributed by atoms with Gasteiger partial charge in [-0.25, -0.2) is 0 Å². The van der Waals surface area contributed by atoms with Gasteiger partial charge in [0.25, 0.3) is 0 Å². The second-order valence-electron chi connectivity index (χ2n) is 15.3. The van der Waals surface area contributed by atoms with Crippen LogP contribution in [0, 0.1) is 0 Å². The Labute approximate surface area is 350 Å². The molecule has 0 aliphatic carbocycles. The van der Waals surface area contributed by atoms with E-state index in [-0.39, 0.29) is 0 Å². The molecule has 2 nitrogen and oxygen atoms in total. The SMILES string of the molecule is c1ccc(-c2ccc(N(c3ccc(-c4ccc5c(-c6ccccc6)cccc5c4)cc3)c3ccccc3-c3cccc4c3c3ccccc3n4-c3ccccc3)cc2)cc1. The van der Waals surface area contributed by atoms with E-state index in [0.29, 0.717) is 0 Å². The smallest absolute Gasteiger partial charge is 0.0547 e. The van der Waals surface area contributed by atoms with Crippen LogP contribution >= 0.6 is 0 Å². The van der Waals surface area contributed by atoms with Gasteiger partial charge in [-0.15, -0.1) is 0 Å². The van der Waals surface area contributed by atoms with Crippen molar-refractivity contribution in [3.8, 4) is 50.2 Å². The zero-order valence-electron chi connectivity index (χ0n) is 33.0. The summed E-state index contributed by atoms with van der Waals surface area (Å²) in [6.07, 6.45) is 0. The molecule has 0 aliphatic rings. The van der Waals surface area contributed by atoms with Gasteiger partial charge in [-0.2, -0.15) is 0 Å². The molecule has 282 valence electrons. The van der Waals surface area contributed by atoms with Crippen molar-refractivity contribution >= 4 is 49.6 Å². The van der Waals surface area contributed by atoms with Crippen LogP contribution in [0.5, 0.6) is 0 Å². The normalized spacial score (nSPS) is 11.3. The van der Waals surface area contributed by atoms with E-state index >= 15 is 0 Å². The van der Waals surface area contributed by atoms with Crippen molar-refractivity contribution in [2.75, 3.05) is 4.90 Å². The fourth-order valence-corrected chi connectivity index (χ4v) is 8.99. The molecule has 0 radical (unpaired) electrons. The van der Waals surface area contributed by atoms with Crippen molar-refractivity contribution in [1.29, 1.82) is 0 Å². The summed E-state index contributed by atoms with van der Waals surface area (Å²) < 4.78 is 2.39. The Kier molecular flexibility index (Phi) is 8.87. The second-order valence-corrected chi connectivity index (χ2v) is 15.3. The molecule has 1 aromatic heterocycles. The lowest BCUT2D eigenvalue weighted by Crippen LogP contribution is -2.11. The van der Waals surface area contributed by atoms with Crippen molar-refractivity contribution in [1.82, 2.24) is 4.57 Å². The largest absolute Gasteiger partial charge is 0.310 e. The molecule has 0 amide bonds. The van der Waals surface area contributed by atoms with Crippen molar-refractivity contribution in [2.45, 2.75) is 0 Å². The zero-order valence-corrected chi connectivity index (χ0v) is 33.0. The summed E-state index contributed by atoms with van der Waals surface area (Å²) in [5.74, 6) is 0. The van der Waals surface area contributed by atoms with E-state index in [1.807, 2.05) is 0 Å². The number of aromatic nitrogens is 1. The molecule has 2 heteroatoms. The predicted molar refractivity (Wildman–Crippen MR) is 255 cm³/mol. The predicted octanol–water partition coefficient (Wildman–Crippen LogP) is 16.1. The maximum absolute atomic E-state index is 2.41. The Hall–Kier alpha value is -7.94. The van der Waals surface area contributed by atoms with E-state index in [2.05, 4.69) is 252 Å². The van der Waals surface area contributed by atoms with Gasteiger partial charge in [-0.3, -0.25) is 0 Å². The summed E-state index contributed by atoms with van der Waals surface area (Å²) in [4.78, 5) is 2.41. The van der Waals surface area contributed by atoms with Gasteiger partial charge in [-0.1, -0.05) is 182 Å². The molecular weight excluding hydrogens is 725 g/mol. The van der Waals surface area contributed by atoms with E-state index in [9.17, 15) is 0 Å². The highest BCUT2D eigenvalue weighted by molar-refractivity contribution is 6.17. The molecule has 11 aromatic rings. The molecule has 0 spiro atoms. The van der Waals surface area contributed by atoms with Crippen LogP contribution in [-0.2, 0) is 0 Å². The van der Waals surface area contributed by atoms with Gasteiger partial charge in [0.05, 0.1) is 16.7 Å². The van der Waals surface area contributed by atoms with E-state index in [1.54, 1.807) is 0 Å². The van der Waals surface area contributed by atoms with Crippen LogP contribution in [0.2, 0.25) is 0 Å². The van der Waals surface area contributed by atoms with Crippen molar-refractivity contribution < 1.29 is 0 Å². The highest BCUT2D eigenvalue weighted by Gasteiger charge is 2.21. The zero-order chi connectivity index (χ0) is 39.8. The lowest BCUT2D eigenvalue weighted by atomic mass is 9.95. The molecule has 0 aliphatic heterocycles.